The Bertz CT molecular complexity index is 281. The van der Waals surface area contributed by atoms with Gasteiger partial charge in [0.05, 0.1) is 6.10 Å². The van der Waals surface area contributed by atoms with Crippen molar-refractivity contribution in [3.05, 3.63) is 0 Å². The Labute approximate surface area is 129 Å². The summed E-state index contributed by atoms with van der Waals surface area (Å²) in [6.07, 6.45) is 5.13. The SMILES string of the molecule is CCCCN1CCCCC1.C[C@@H]1NC[C@@H](O)[C@H](O)[C@]1(C)O. The van der Waals surface area contributed by atoms with Crippen molar-refractivity contribution in [1.29, 1.82) is 0 Å². The van der Waals surface area contributed by atoms with Gasteiger partial charge in [0.2, 0.25) is 0 Å². The Balaban J connectivity index is 0.000000211. The highest BCUT2D eigenvalue weighted by Gasteiger charge is 2.43. The second-order valence-electron chi connectivity index (χ2n) is 6.62. The van der Waals surface area contributed by atoms with Crippen LogP contribution in [-0.2, 0) is 0 Å². The summed E-state index contributed by atoms with van der Waals surface area (Å²) in [5, 5.41) is 31.0. The molecule has 4 atom stereocenters. The van der Waals surface area contributed by atoms with Crippen LogP contribution in [0, 0.1) is 0 Å². The number of β-amino-alcohol motifs (C(OH)–C–C–N with tert-alkyl or cyclic N) is 1. The summed E-state index contributed by atoms with van der Waals surface area (Å²) in [7, 11) is 0. The van der Waals surface area contributed by atoms with Crippen LogP contribution in [0.1, 0.15) is 52.9 Å². The Morgan fingerprint density at radius 1 is 1.19 bits per heavy atom. The quantitative estimate of drug-likeness (QED) is 0.618. The Kier molecular flexibility index (Phi) is 8.13. The van der Waals surface area contributed by atoms with Gasteiger partial charge in [-0.25, -0.2) is 0 Å². The Hall–Kier alpha value is -0.200. The maximum absolute atomic E-state index is 9.61. The van der Waals surface area contributed by atoms with E-state index >= 15 is 0 Å². The van der Waals surface area contributed by atoms with Crippen LogP contribution in [0.25, 0.3) is 0 Å². The summed E-state index contributed by atoms with van der Waals surface area (Å²) >= 11 is 0. The number of aliphatic hydroxyl groups is 3. The number of piperidine rings is 2. The highest BCUT2D eigenvalue weighted by atomic mass is 16.4. The molecule has 126 valence electrons. The van der Waals surface area contributed by atoms with Gasteiger partial charge < -0.3 is 25.5 Å². The van der Waals surface area contributed by atoms with Crippen molar-refractivity contribution in [2.75, 3.05) is 26.2 Å². The van der Waals surface area contributed by atoms with E-state index in [4.69, 9.17) is 5.11 Å². The summed E-state index contributed by atoms with van der Waals surface area (Å²) in [6.45, 7) is 9.95. The van der Waals surface area contributed by atoms with Crippen LogP contribution < -0.4 is 5.32 Å². The largest absolute Gasteiger partial charge is 0.389 e. The topological polar surface area (TPSA) is 76.0 Å². The van der Waals surface area contributed by atoms with Crippen molar-refractivity contribution >= 4 is 0 Å². The number of rotatable bonds is 3. The van der Waals surface area contributed by atoms with Gasteiger partial charge in [0.25, 0.3) is 0 Å². The molecule has 2 heterocycles. The summed E-state index contributed by atoms with van der Waals surface area (Å²) in [5.41, 5.74) is -1.24. The zero-order valence-corrected chi connectivity index (χ0v) is 13.9. The van der Waals surface area contributed by atoms with E-state index in [1.54, 1.807) is 6.92 Å². The first-order valence-corrected chi connectivity index (χ1v) is 8.43. The second kappa shape index (κ2) is 9.06. The molecule has 0 unspecified atom stereocenters. The normalized spacial score (nSPS) is 37.7. The van der Waals surface area contributed by atoms with Gasteiger partial charge in [0, 0.05) is 12.6 Å². The molecule has 2 fully saturated rings. The summed E-state index contributed by atoms with van der Waals surface area (Å²) in [4.78, 5) is 2.60. The molecule has 0 spiro atoms. The predicted molar refractivity (Wildman–Crippen MR) is 85.3 cm³/mol. The number of hydrogen-bond acceptors (Lipinski definition) is 5. The molecule has 5 heteroatoms. The molecule has 2 rings (SSSR count). The van der Waals surface area contributed by atoms with E-state index in [0.29, 0.717) is 6.54 Å². The smallest absolute Gasteiger partial charge is 0.111 e. The Morgan fingerprint density at radius 3 is 2.33 bits per heavy atom. The zero-order valence-electron chi connectivity index (χ0n) is 13.9. The lowest BCUT2D eigenvalue weighted by Crippen LogP contribution is -2.65. The number of hydrogen-bond donors (Lipinski definition) is 4. The molecule has 0 aromatic rings. The van der Waals surface area contributed by atoms with Crippen molar-refractivity contribution in [3.8, 4) is 0 Å². The van der Waals surface area contributed by atoms with Gasteiger partial charge >= 0.3 is 0 Å². The lowest BCUT2D eigenvalue weighted by molar-refractivity contribution is -0.149. The van der Waals surface area contributed by atoms with Crippen LogP contribution in [0.2, 0.25) is 0 Å². The first-order chi connectivity index (χ1) is 9.89. The van der Waals surface area contributed by atoms with E-state index in [1.807, 2.05) is 0 Å². The van der Waals surface area contributed by atoms with Crippen LogP contribution in [-0.4, -0.2) is 70.2 Å². The molecule has 2 aliphatic heterocycles. The predicted octanol–water partition coefficient (Wildman–Crippen LogP) is 0.723. The molecule has 0 radical (unpaired) electrons. The number of nitrogens with zero attached hydrogens (tertiary/aromatic N) is 1. The maximum atomic E-state index is 9.61. The van der Waals surface area contributed by atoms with Gasteiger partial charge in [-0.15, -0.1) is 0 Å². The van der Waals surface area contributed by atoms with Crippen LogP contribution in [0.5, 0.6) is 0 Å². The zero-order chi connectivity index (χ0) is 15.9. The number of unbranched alkanes of at least 4 members (excludes halogenated alkanes) is 1. The fourth-order valence-corrected chi connectivity index (χ4v) is 2.83. The first-order valence-electron chi connectivity index (χ1n) is 8.43. The highest BCUT2D eigenvalue weighted by Crippen LogP contribution is 2.21. The molecular formula is C16H34N2O3. The Morgan fingerprint density at radius 2 is 1.81 bits per heavy atom. The van der Waals surface area contributed by atoms with Gasteiger partial charge in [-0.1, -0.05) is 19.8 Å². The fourth-order valence-electron chi connectivity index (χ4n) is 2.83. The molecule has 2 aliphatic rings. The third-order valence-corrected chi connectivity index (χ3v) is 4.75. The highest BCUT2D eigenvalue weighted by molar-refractivity contribution is 4.99. The molecule has 0 aliphatic carbocycles. The van der Waals surface area contributed by atoms with Crippen LogP contribution in [0.4, 0.5) is 0 Å². The molecule has 0 amide bonds. The van der Waals surface area contributed by atoms with E-state index in [0.717, 1.165) is 0 Å². The molecular weight excluding hydrogens is 268 g/mol. The van der Waals surface area contributed by atoms with E-state index in [2.05, 4.69) is 17.1 Å². The minimum Gasteiger partial charge on any atom is -0.389 e. The molecule has 0 bridgehead atoms. The van der Waals surface area contributed by atoms with E-state index in [-0.39, 0.29) is 6.04 Å². The van der Waals surface area contributed by atoms with E-state index in [1.165, 1.54) is 58.7 Å². The van der Waals surface area contributed by atoms with Crippen molar-refractivity contribution in [2.24, 2.45) is 0 Å². The molecule has 4 N–H and O–H groups in total. The maximum Gasteiger partial charge on any atom is 0.111 e. The van der Waals surface area contributed by atoms with Gasteiger partial charge in [-0.05, 0) is 52.7 Å². The lowest BCUT2D eigenvalue weighted by Gasteiger charge is -2.42. The minimum atomic E-state index is -1.24. The standard InChI is InChI=1S/C9H19N.C7H15NO3/c1-2-3-7-10-8-5-4-6-9-10;1-4-7(2,11)6(10)5(9)3-8-4/h2-9H2,1H3;4-6,8-11H,3H2,1-2H3/t;4-,5+,6-,7+/m.0/s1. The monoisotopic (exact) mass is 302 g/mol. The average Bonchev–Trinajstić information content (AvgIpc) is 2.49. The third kappa shape index (κ3) is 5.83. The average molecular weight is 302 g/mol. The third-order valence-electron chi connectivity index (χ3n) is 4.75. The van der Waals surface area contributed by atoms with Crippen LogP contribution >= 0.6 is 0 Å². The molecule has 5 nitrogen and oxygen atoms in total. The van der Waals surface area contributed by atoms with Gasteiger partial charge in [-0.2, -0.15) is 0 Å². The molecule has 0 saturated carbocycles. The number of nitrogens with one attached hydrogen (secondary N) is 1. The first kappa shape index (κ1) is 18.8. The van der Waals surface area contributed by atoms with Crippen molar-refractivity contribution in [3.63, 3.8) is 0 Å². The van der Waals surface area contributed by atoms with Crippen molar-refractivity contribution < 1.29 is 15.3 Å². The molecule has 0 aromatic carbocycles. The minimum absolute atomic E-state index is 0.194. The van der Waals surface area contributed by atoms with Crippen molar-refractivity contribution in [2.45, 2.75) is 76.7 Å². The lowest BCUT2D eigenvalue weighted by atomic mass is 9.84. The van der Waals surface area contributed by atoms with Gasteiger partial charge in [0.15, 0.2) is 0 Å². The second-order valence-corrected chi connectivity index (χ2v) is 6.62. The summed E-state index contributed by atoms with van der Waals surface area (Å²) in [5.74, 6) is 0. The van der Waals surface area contributed by atoms with Crippen LogP contribution in [0.15, 0.2) is 0 Å². The number of likely N-dealkylation sites (tertiary alicyclic amines) is 1. The molecule has 21 heavy (non-hydrogen) atoms. The van der Waals surface area contributed by atoms with E-state index < -0.39 is 17.8 Å². The van der Waals surface area contributed by atoms with Gasteiger partial charge in [-0.3, -0.25) is 0 Å². The van der Waals surface area contributed by atoms with Crippen molar-refractivity contribution in [1.82, 2.24) is 10.2 Å². The number of aliphatic hydroxyl groups excluding tert-OH is 2. The fraction of sp³-hybridized carbons (Fsp3) is 1.00. The summed E-state index contributed by atoms with van der Waals surface area (Å²) in [6, 6.07) is -0.194. The van der Waals surface area contributed by atoms with Gasteiger partial charge in [0.1, 0.15) is 11.7 Å². The van der Waals surface area contributed by atoms with E-state index in [9.17, 15) is 10.2 Å². The summed E-state index contributed by atoms with van der Waals surface area (Å²) < 4.78 is 0. The molecule has 2 saturated heterocycles. The van der Waals surface area contributed by atoms with Crippen LogP contribution in [0.3, 0.4) is 0 Å². The molecule has 0 aromatic heterocycles.